The van der Waals surface area contributed by atoms with E-state index in [9.17, 15) is 0 Å². The fourth-order valence-corrected chi connectivity index (χ4v) is 3.54. The number of imidazole rings is 1. The molecule has 0 bridgehead atoms. The van der Waals surface area contributed by atoms with Crippen molar-refractivity contribution in [2.75, 3.05) is 0 Å². The second-order valence-corrected chi connectivity index (χ2v) is 6.76. The van der Waals surface area contributed by atoms with E-state index in [1.807, 2.05) is 43.5 Å². The average molecular weight is 387 g/mol. The van der Waals surface area contributed by atoms with Crippen LogP contribution < -0.4 is 0 Å². The molecular formula is C18H13BrClN3. The first-order valence-corrected chi connectivity index (χ1v) is 8.45. The molecular weight excluding hydrogens is 374 g/mol. The maximum Gasteiger partial charge on any atom is 0.110 e. The van der Waals surface area contributed by atoms with Crippen molar-refractivity contribution in [3.8, 4) is 5.69 Å². The smallest absolute Gasteiger partial charge is 0.110 e. The number of aromatic nitrogens is 2. The Bertz CT molecular complexity index is 943. The molecule has 1 aromatic heterocycles. The predicted octanol–water partition coefficient (Wildman–Crippen LogP) is 4.95. The monoisotopic (exact) mass is 385 g/mol. The van der Waals surface area contributed by atoms with E-state index >= 15 is 0 Å². The van der Waals surface area contributed by atoms with Crippen LogP contribution >= 0.6 is 27.5 Å². The third kappa shape index (κ3) is 2.42. The highest BCUT2D eigenvalue weighted by Gasteiger charge is 2.21. The topological polar surface area (TPSA) is 30.2 Å². The number of nitrogens with zero attached hydrogens (tertiary/aromatic N) is 3. The van der Waals surface area contributed by atoms with Gasteiger partial charge in [0.15, 0.2) is 0 Å². The number of hydrogen-bond acceptors (Lipinski definition) is 2. The Morgan fingerprint density at radius 1 is 1.13 bits per heavy atom. The molecule has 23 heavy (non-hydrogen) atoms. The van der Waals surface area contributed by atoms with Gasteiger partial charge >= 0.3 is 0 Å². The number of benzene rings is 2. The van der Waals surface area contributed by atoms with Crippen molar-refractivity contribution in [3.63, 3.8) is 0 Å². The van der Waals surface area contributed by atoms with Crippen LogP contribution in [0, 0.1) is 6.92 Å². The van der Waals surface area contributed by atoms with Crippen LogP contribution in [0.2, 0.25) is 5.02 Å². The van der Waals surface area contributed by atoms with E-state index in [1.165, 1.54) is 0 Å². The van der Waals surface area contributed by atoms with E-state index in [2.05, 4.69) is 37.6 Å². The molecule has 0 spiro atoms. The molecule has 2 aromatic carbocycles. The normalized spacial score (nSPS) is 13.1. The summed E-state index contributed by atoms with van der Waals surface area (Å²) < 4.78 is 3.17. The molecule has 0 atom stereocenters. The summed E-state index contributed by atoms with van der Waals surface area (Å²) in [6.07, 6.45) is 1.89. The highest BCUT2D eigenvalue weighted by atomic mass is 79.9. The van der Waals surface area contributed by atoms with Gasteiger partial charge in [0.05, 0.1) is 29.8 Å². The van der Waals surface area contributed by atoms with Gasteiger partial charge in [-0.2, -0.15) is 0 Å². The first-order valence-electron chi connectivity index (χ1n) is 7.28. The lowest BCUT2D eigenvalue weighted by Crippen LogP contribution is -2.08. The van der Waals surface area contributed by atoms with Gasteiger partial charge in [0.2, 0.25) is 0 Å². The van der Waals surface area contributed by atoms with Crippen molar-refractivity contribution in [3.05, 3.63) is 80.8 Å². The number of hydrogen-bond donors (Lipinski definition) is 0. The summed E-state index contributed by atoms with van der Waals surface area (Å²) in [4.78, 5) is 9.27. The highest BCUT2D eigenvalue weighted by molar-refractivity contribution is 9.10. The Kier molecular flexibility index (Phi) is 3.58. The van der Waals surface area contributed by atoms with Gasteiger partial charge in [-0.05, 0) is 31.2 Å². The molecule has 0 N–H and O–H groups in total. The van der Waals surface area contributed by atoms with Gasteiger partial charge in [-0.1, -0.05) is 45.7 Å². The molecule has 0 saturated heterocycles. The summed E-state index contributed by atoms with van der Waals surface area (Å²) in [5.41, 5.74) is 5.06. The van der Waals surface area contributed by atoms with Crippen molar-refractivity contribution < 1.29 is 0 Å². The van der Waals surface area contributed by atoms with Crippen molar-refractivity contribution in [2.24, 2.45) is 4.99 Å². The molecule has 4 rings (SSSR count). The summed E-state index contributed by atoms with van der Waals surface area (Å²) in [7, 11) is 0. The Morgan fingerprint density at radius 2 is 1.96 bits per heavy atom. The maximum absolute atomic E-state index is 6.42. The maximum atomic E-state index is 6.42. The summed E-state index contributed by atoms with van der Waals surface area (Å²) in [6.45, 7) is 2.59. The third-order valence-corrected chi connectivity index (χ3v) is 4.82. The summed E-state index contributed by atoms with van der Waals surface area (Å²) >= 11 is 9.99. The van der Waals surface area contributed by atoms with Crippen LogP contribution in [-0.2, 0) is 6.54 Å². The van der Waals surface area contributed by atoms with Crippen LogP contribution in [0.25, 0.3) is 5.69 Å². The Balaban J connectivity index is 2.03. The van der Waals surface area contributed by atoms with E-state index in [0.717, 1.165) is 38.5 Å². The molecule has 3 nitrogen and oxygen atoms in total. The standard InChI is InChI=1S/C18H13BrClN3/c1-11-21-9-13-10-22-18(14-4-2-3-5-16(14)20)15-8-12(19)6-7-17(15)23(11)13/h2-9H,10H2,1H3. The largest absolute Gasteiger partial charge is 0.298 e. The molecule has 0 fully saturated rings. The van der Waals surface area contributed by atoms with Gasteiger partial charge in [-0.25, -0.2) is 4.98 Å². The molecule has 5 heteroatoms. The minimum atomic E-state index is 0.577. The van der Waals surface area contributed by atoms with E-state index < -0.39 is 0 Å². The summed E-state index contributed by atoms with van der Waals surface area (Å²) in [5.74, 6) is 0.958. The fourth-order valence-electron chi connectivity index (χ4n) is 2.95. The minimum Gasteiger partial charge on any atom is -0.298 e. The van der Waals surface area contributed by atoms with Gasteiger partial charge in [0, 0.05) is 20.6 Å². The van der Waals surface area contributed by atoms with Crippen LogP contribution in [0.4, 0.5) is 0 Å². The number of rotatable bonds is 1. The van der Waals surface area contributed by atoms with E-state index in [1.54, 1.807) is 0 Å². The molecule has 1 aliphatic rings. The second kappa shape index (κ2) is 5.62. The van der Waals surface area contributed by atoms with Gasteiger partial charge in [-0.3, -0.25) is 9.56 Å². The minimum absolute atomic E-state index is 0.577. The Labute approximate surface area is 147 Å². The number of halogens is 2. The van der Waals surface area contributed by atoms with Crippen molar-refractivity contribution >= 4 is 33.2 Å². The molecule has 0 aliphatic carbocycles. The van der Waals surface area contributed by atoms with Crippen LogP contribution in [0.3, 0.4) is 0 Å². The van der Waals surface area contributed by atoms with Crippen LogP contribution in [0.15, 0.2) is 58.1 Å². The van der Waals surface area contributed by atoms with E-state index in [0.29, 0.717) is 11.6 Å². The van der Waals surface area contributed by atoms with Gasteiger partial charge in [0.25, 0.3) is 0 Å². The van der Waals surface area contributed by atoms with E-state index in [4.69, 9.17) is 16.6 Å². The third-order valence-electron chi connectivity index (χ3n) is 3.99. The zero-order chi connectivity index (χ0) is 16.0. The summed E-state index contributed by atoms with van der Waals surface area (Å²) in [5, 5.41) is 0.707. The van der Waals surface area contributed by atoms with Gasteiger partial charge in [0.1, 0.15) is 5.82 Å². The second-order valence-electron chi connectivity index (χ2n) is 5.44. The molecule has 0 unspecified atom stereocenters. The molecule has 0 amide bonds. The Hall–Kier alpha value is -1.91. The fraction of sp³-hybridized carbons (Fsp3) is 0.111. The molecule has 2 heterocycles. The van der Waals surface area contributed by atoms with Crippen molar-refractivity contribution in [1.29, 1.82) is 0 Å². The van der Waals surface area contributed by atoms with E-state index in [-0.39, 0.29) is 0 Å². The van der Waals surface area contributed by atoms with Crippen molar-refractivity contribution in [2.45, 2.75) is 13.5 Å². The first kappa shape index (κ1) is 14.7. The summed E-state index contributed by atoms with van der Waals surface area (Å²) in [6, 6.07) is 14.0. The van der Waals surface area contributed by atoms with Gasteiger partial charge in [-0.15, -0.1) is 0 Å². The first-order chi connectivity index (χ1) is 11.1. The van der Waals surface area contributed by atoms with Crippen LogP contribution in [0.1, 0.15) is 22.6 Å². The average Bonchev–Trinajstić information content (AvgIpc) is 2.82. The highest BCUT2D eigenvalue weighted by Crippen LogP contribution is 2.30. The van der Waals surface area contributed by atoms with Crippen LogP contribution in [0.5, 0.6) is 0 Å². The number of aryl methyl sites for hydroxylation is 1. The molecule has 3 aromatic rings. The molecule has 1 aliphatic heterocycles. The van der Waals surface area contributed by atoms with Crippen molar-refractivity contribution in [1.82, 2.24) is 9.55 Å². The zero-order valence-corrected chi connectivity index (χ0v) is 14.8. The molecule has 0 radical (unpaired) electrons. The SMILES string of the molecule is Cc1ncc2n1-c1ccc(Br)cc1C(c1ccccc1Cl)=NC2. The van der Waals surface area contributed by atoms with Gasteiger partial charge < -0.3 is 0 Å². The molecule has 0 saturated carbocycles. The lowest BCUT2D eigenvalue weighted by atomic mass is 10.0. The van der Waals surface area contributed by atoms with Crippen LogP contribution in [-0.4, -0.2) is 15.3 Å². The zero-order valence-electron chi connectivity index (χ0n) is 12.4. The lowest BCUT2D eigenvalue weighted by molar-refractivity contribution is 0.889. The quantitative estimate of drug-likeness (QED) is 0.582. The number of aliphatic imine (C=N–C) groups is 1. The Morgan fingerprint density at radius 3 is 2.78 bits per heavy atom. The predicted molar refractivity (Wildman–Crippen MR) is 96.8 cm³/mol. The number of fused-ring (bicyclic) bond motifs is 3. The molecule has 114 valence electrons. The lowest BCUT2D eigenvalue weighted by Gasteiger charge is -2.14.